The monoisotopic (exact) mass is 441 g/mol. The van der Waals surface area contributed by atoms with Crippen molar-refractivity contribution in [1.29, 1.82) is 0 Å². The second kappa shape index (κ2) is 9.59. The maximum absolute atomic E-state index is 12.9. The topological polar surface area (TPSA) is 107 Å². The van der Waals surface area contributed by atoms with Crippen LogP contribution in [0, 0.1) is 0 Å². The summed E-state index contributed by atoms with van der Waals surface area (Å²) < 4.78 is 38.7. The first-order chi connectivity index (χ1) is 14.8. The summed E-state index contributed by atoms with van der Waals surface area (Å²) in [6, 6.07) is 16.2. The fraction of sp³-hybridized carbons (Fsp3) is 0.182. The fourth-order valence-electron chi connectivity index (χ4n) is 2.76. The van der Waals surface area contributed by atoms with Crippen LogP contribution in [0.3, 0.4) is 0 Å². The number of aromatic nitrogens is 1. The van der Waals surface area contributed by atoms with Crippen molar-refractivity contribution in [2.24, 2.45) is 0 Å². The third kappa shape index (κ3) is 5.59. The second-order valence-corrected chi connectivity index (χ2v) is 8.55. The zero-order valence-corrected chi connectivity index (χ0v) is 18.1. The Bertz CT molecular complexity index is 1160. The number of carbonyl (C=O) groups is 1. The van der Waals surface area contributed by atoms with Crippen LogP contribution in [-0.2, 0) is 10.0 Å². The number of hydrogen-bond donors (Lipinski definition) is 2. The van der Waals surface area contributed by atoms with Crippen LogP contribution >= 0.6 is 0 Å². The first kappa shape index (κ1) is 22.3. The third-order valence-corrected chi connectivity index (χ3v) is 5.76. The lowest BCUT2D eigenvalue weighted by Crippen LogP contribution is -2.30. The number of benzene rings is 2. The molecule has 1 amide bonds. The molecule has 0 bridgehead atoms. The van der Waals surface area contributed by atoms with Gasteiger partial charge in [-0.2, -0.15) is 0 Å². The molecule has 31 heavy (non-hydrogen) atoms. The van der Waals surface area contributed by atoms with E-state index in [0.717, 1.165) is 0 Å². The number of hydrogen-bond acceptors (Lipinski definition) is 6. The Morgan fingerprint density at radius 1 is 1.03 bits per heavy atom. The average molecular weight is 442 g/mol. The van der Waals surface area contributed by atoms with Crippen molar-refractivity contribution < 1.29 is 22.7 Å². The van der Waals surface area contributed by atoms with Crippen LogP contribution in [0.25, 0.3) is 0 Å². The van der Waals surface area contributed by atoms with E-state index in [1.165, 1.54) is 25.3 Å². The molecule has 0 atom stereocenters. The van der Waals surface area contributed by atoms with E-state index in [4.69, 9.17) is 9.47 Å². The summed E-state index contributed by atoms with van der Waals surface area (Å²) in [6.07, 6.45) is 1.55. The standard InChI is InChI=1S/C22H23N3O5S/c1-15(2)25-31(27,28)20-14-16(11-12-19(20)29-3)21(26)24-18-10-7-13-23-22(18)30-17-8-5-4-6-9-17/h4-15,25H,1-3H3,(H,24,26). The first-order valence-corrected chi connectivity index (χ1v) is 11.0. The van der Waals surface area contributed by atoms with Gasteiger partial charge in [-0.05, 0) is 56.3 Å². The van der Waals surface area contributed by atoms with Crippen LogP contribution in [0.5, 0.6) is 17.4 Å². The van der Waals surface area contributed by atoms with E-state index in [1.54, 1.807) is 44.3 Å². The van der Waals surface area contributed by atoms with Crippen LogP contribution in [0.2, 0.25) is 0 Å². The molecule has 162 valence electrons. The van der Waals surface area contributed by atoms with E-state index in [2.05, 4.69) is 15.0 Å². The van der Waals surface area contributed by atoms with Crippen molar-refractivity contribution in [2.75, 3.05) is 12.4 Å². The normalized spacial score (nSPS) is 11.2. The van der Waals surface area contributed by atoms with E-state index >= 15 is 0 Å². The molecule has 3 aromatic rings. The highest BCUT2D eigenvalue weighted by atomic mass is 32.2. The SMILES string of the molecule is COc1ccc(C(=O)Nc2cccnc2Oc2ccccc2)cc1S(=O)(=O)NC(C)C. The Kier molecular flexibility index (Phi) is 6.88. The van der Waals surface area contributed by atoms with E-state index in [0.29, 0.717) is 11.4 Å². The molecule has 0 fully saturated rings. The molecule has 0 spiro atoms. The van der Waals surface area contributed by atoms with Gasteiger partial charge < -0.3 is 14.8 Å². The smallest absolute Gasteiger partial charge is 0.255 e. The summed E-state index contributed by atoms with van der Waals surface area (Å²) in [6.45, 7) is 3.41. The molecule has 8 nitrogen and oxygen atoms in total. The highest BCUT2D eigenvalue weighted by molar-refractivity contribution is 7.89. The Labute approximate surface area is 181 Å². The van der Waals surface area contributed by atoms with Gasteiger partial charge in [-0.15, -0.1) is 0 Å². The van der Waals surface area contributed by atoms with Gasteiger partial charge in [0.1, 0.15) is 22.1 Å². The van der Waals surface area contributed by atoms with E-state index in [1.807, 2.05) is 18.2 Å². The Hall–Kier alpha value is -3.43. The van der Waals surface area contributed by atoms with E-state index in [-0.39, 0.29) is 28.1 Å². The second-order valence-electron chi connectivity index (χ2n) is 6.87. The van der Waals surface area contributed by atoms with Gasteiger partial charge in [-0.1, -0.05) is 18.2 Å². The zero-order chi connectivity index (χ0) is 22.4. The van der Waals surface area contributed by atoms with E-state index < -0.39 is 15.9 Å². The van der Waals surface area contributed by atoms with Crippen LogP contribution in [0.15, 0.2) is 71.8 Å². The van der Waals surface area contributed by atoms with Gasteiger partial charge in [0.2, 0.25) is 15.9 Å². The quantitative estimate of drug-likeness (QED) is 0.550. The van der Waals surface area contributed by atoms with Crippen LogP contribution in [0.1, 0.15) is 24.2 Å². The van der Waals surface area contributed by atoms with Crippen LogP contribution < -0.4 is 19.5 Å². The Balaban J connectivity index is 1.89. The number of ether oxygens (including phenoxy) is 2. The number of para-hydroxylation sites is 1. The van der Waals surface area contributed by atoms with Crippen molar-refractivity contribution in [3.63, 3.8) is 0 Å². The summed E-state index contributed by atoms with van der Waals surface area (Å²) in [5.74, 6) is 0.396. The molecule has 0 aliphatic carbocycles. The van der Waals surface area contributed by atoms with Crippen molar-refractivity contribution in [2.45, 2.75) is 24.8 Å². The number of methoxy groups -OCH3 is 1. The minimum Gasteiger partial charge on any atom is -0.495 e. The van der Waals surface area contributed by atoms with Crippen LogP contribution in [0.4, 0.5) is 5.69 Å². The molecule has 3 rings (SSSR count). The molecular formula is C22H23N3O5S. The number of carbonyl (C=O) groups excluding carboxylic acids is 1. The van der Waals surface area contributed by atoms with Gasteiger partial charge in [-0.3, -0.25) is 4.79 Å². The molecule has 0 saturated heterocycles. The van der Waals surface area contributed by atoms with Gasteiger partial charge in [0, 0.05) is 17.8 Å². The fourth-order valence-corrected chi connectivity index (χ4v) is 4.21. The summed E-state index contributed by atoms with van der Waals surface area (Å²) >= 11 is 0. The van der Waals surface area contributed by atoms with Crippen molar-refractivity contribution in [3.05, 3.63) is 72.4 Å². The zero-order valence-electron chi connectivity index (χ0n) is 17.3. The van der Waals surface area contributed by atoms with Gasteiger partial charge in [0.15, 0.2) is 0 Å². The molecule has 1 heterocycles. The lowest BCUT2D eigenvalue weighted by Gasteiger charge is -2.15. The van der Waals surface area contributed by atoms with Crippen LogP contribution in [-0.4, -0.2) is 32.5 Å². The maximum atomic E-state index is 12.9. The summed E-state index contributed by atoms with van der Waals surface area (Å²) in [7, 11) is -2.50. The molecule has 1 aromatic heterocycles. The average Bonchev–Trinajstić information content (AvgIpc) is 2.74. The molecule has 2 aromatic carbocycles. The van der Waals surface area contributed by atoms with Gasteiger partial charge in [0.25, 0.3) is 5.91 Å². The molecular weight excluding hydrogens is 418 g/mol. The molecule has 0 aliphatic heterocycles. The first-order valence-electron chi connectivity index (χ1n) is 9.50. The number of sulfonamides is 1. The third-order valence-electron chi connectivity index (χ3n) is 4.08. The maximum Gasteiger partial charge on any atom is 0.255 e. The van der Waals surface area contributed by atoms with Crippen molar-refractivity contribution in [1.82, 2.24) is 9.71 Å². The van der Waals surface area contributed by atoms with Gasteiger partial charge >= 0.3 is 0 Å². The number of amides is 1. The Morgan fingerprint density at radius 2 is 1.77 bits per heavy atom. The number of rotatable bonds is 8. The van der Waals surface area contributed by atoms with E-state index in [9.17, 15) is 13.2 Å². The summed E-state index contributed by atoms with van der Waals surface area (Å²) in [4.78, 5) is 16.9. The molecule has 2 N–H and O–H groups in total. The summed E-state index contributed by atoms with van der Waals surface area (Å²) in [5, 5.41) is 2.72. The summed E-state index contributed by atoms with van der Waals surface area (Å²) in [5.41, 5.74) is 0.483. The minimum atomic E-state index is -3.87. The highest BCUT2D eigenvalue weighted by Gasteiger charge is 2.23. The predicted octanol–water partition coefficient (Wildman–Crippen LogP) is 3.82. The molecule has 0 radical (unpaired) electrons. The lowest BCUT2D eigenvalue weighted by atomic mass is 10.2. The minimum absolute atomic E-state index is 0.122. The number of nitrogens with zero attached hydrogens (tertiary/aromatic N) is 1. The Morgan fingerprint density at radius 3 is 2.45 bits per heavy atom. The molecule has 0 unspecified atom stereocenters. The van der Waals surface area contributed by atoms with Gasteiger partial charge in [-0.25, -0.2) is 18.1 Å². The highest BCUT2D eigenvalue weighted by Crippen LogP contribution is 2.29. The van der Waals surface area contributed by atoms with Crippen molar-refractivity contribution >= 4 is 21.6 Å². The molecule has 9 heteroatoms. The largest absolute Gasteiger partial charge is 0.495 e. The van der Waals surface area contributed by atoms with Crippen molar-refractivity contribution in [3.8, 4) is 17.4 Å². The number of anilines is 1. The molecule has 0 aliphatic rings. The predicted molar refractivity (Wildman–Crippen MR) is 117 cm³/mol. The number of nitrogens with one attached hydrogen (secondary N) is 2. The number of pyridine rings is 1. The van der Waals surface area contributed by atoms with Gasteiger partial charge in [0.05, 0.1) is 7.11 Å². The lowest BCUT2D eigenvalue weighted by molar-refractivity contribution is 0.102. The molecule has 0 saturated carbocycles.